The first-order valence-corrected chi connectivity index (χ1v) is 9.02. The number of carbonyl (C=O) groups is 2. The topological polar surface area (TPSA) is 76.7 Å². The number of rotatable bonds is 9. The average molecular weight is 370 g/mol. The van der Waals surface area contributed by atoms with Crippen molar-refractivity contribution < 1.29 is 19.1 Å². The summed E-state index contributed by atoms with van der Waals surface area (Å²) in [4.78, 5) is 24.2. The fourth-order valence-corrected chi connectivity index (χ4v) is 2.70. The number of nitrogens with one attached hydrogen (secondary N) is 2. The van der Waals surface area contributed by atoms with Gasteiger partial charge in [0.1, 0.15) is 0 Å². The van der Waals surface area contributed by atoms with E-state index in [1.54, 1.807) is 18.2 Å². The van der Waals surface area contributed by atoms with E-state index in [-0.39, 0.29) is 25.0 Å². The van der Waals surface area contributed by atoms with Crippen LogP contribution < -0.4 is 20.1 Å². The quantitative estimate of drug-likeness (QED) is 0.711. The van der Waals surface area contributed by atoms with E-state index >= 15 is 0 Å². The van der Waals surface area contributed by atoms with Crippen molar-refractivity contribution in [3.8, 4) is 11.5 Å². The van der Waals surface area contributed by atoms with Gasteiger partial charge in [-0.25, -0.2) is 0 Å². The first-order valence-electron chi connectivity index (χ1n) is 9.02. The van der Waals surface area contributed by atoms with E-state index in [0.29, 0.717) is 11.5 Å². The molecule has 0 aromatic heterocycles. The number of hydrogen-bond donors (Lipinski definition) is 2. The molecule has 2 rings (SSSR count). The Kier molecular flexibility index (Phi) is 7.67. The third-order valence-electron chi connectivity index (χ3n) is 4.14. The molecule has 0 saturated carbocycles. The third kappa shape index (κ3) is 5.74. The maximum atomic E-state index is 12.2. The van der Waals surface area contributed by atoms with Crippen LogP contribution >= 0.6 is 0 Å². The number of methoxy groups -OCH3 is 1. The van der Waals surface area contributed by atoms with Crippen LogP contribution in [-0.4, -0.2) is 32.1 Å². The monoisotopic (exact) mass is 370 g/mol. The number of benzene rings is 2. The van der Waals surface area contributed by atoms with Crippen molar-refractivity contribution in [2.24, 2.45) is 0 Å². The molecule has 144 valence electrons. The van der Waals surface area contributed by atoms with E-state index < -0.39 is 0 Å². The van der Waals surface area contributed by atoms with Crippen LogP contribution in [0.1, 0.15) is 25.0 Å². The Morgan fingerprint density at radius 1 is 0.889 bits per heavy atom. The highest BCUT2D eigenvalue weighted by Gasteiger charge is 2.12. The minimum atomic E-state index is -0.379. The van der Waals surface area contributed by atoms with Gasteiger partial charge in [0.2, 0.25) is 5.91 Å². The van der Waals surface area contributed by atoms with E-state index in [4.69, 9.17) is 9.47 Å². The summed E-state index contributed by atoms with van der Waals surface area (Å²) in [5.41, 5.74) is 2.99. The van der Waals surface area contributed by atoms with E-state index in [1.165, 1.54) is 7.11 Å². The zero-order valence-corrected chi connectivity index (χ0v) is 16.0. The van der Waals surface area contributed by atoms with Crippen LogP contribution in [0.15, 0.2) is 42.5 Å². The van der Waals surface area contributed by atoms with E-state index in [2.05, 4.69) is 10.6 Å². The van der Waals surface area contributed by atoms with Gasteiger partial charge in [0.15, 0.2) is 18.1 Å². The van der Waals surface area contributed by atoms with Gasteiger partial charge in [0.25, 0.3) is 5.91 Å². The predicted octanol–water partition coefficient (Wildman–Crippen LogP) is 2.95. The van der Waals surface area contributed by atoms with Crippen LogP contribution in [0, 0.1) is 0 Å². The lowest BCUT2D eigenvalue weighted by Gasteiger charge is -2.15. The predicted molar refractivity (Wildman–Crippen MR) is 105 cm³/mol. The molecule has 2 N–H and O–H groups in total. The van der Waals surface area contributed by atoms with E-state index in [0.717, 1.165) is 29.7 Å². The second kappa shape index (κ2) is 10.2. The summed E-state index contributed by atoms with van der Waals surface area (Å²) in [6.45, 7) is 3.78. The lowest BCUT2D eigenvalue weighted by Crippen LogP contribution is -2.36. The number of anilines is 1. The highest BCUT2D eigenvalue weighted by molar-refractivity contribution is 5.96. The van der Waals surface area contributed by atoms with Gasteiger partial charge in [-0.1, -0.05) is 44.2 Å². The Bertz CT molecular complexity index is 767. The summed E-state index contributed by atoms with van der Waals surface area (Å²) in [5.74, 6) is 0.377. The van der Waals surface area contributed by atoms with Gasteiger partial charge >= 0.3 is 0 Å². The van der Waals surface area contributed by atoms with Gasteiger partial charge in [-0.3, -0.25) is 9.59 Å². The Hall–Kier alpha value is -3.02. The Morgan fingerprint density at radius 2 is 1.52 bits per heavy atom. The summed E-state index contributed by atoms with van der Waals surface area (Å²) in [7, 11) is 1.53. The molecular weight excluding hydrogens is 344 g/mol. The first-order chi connectivity index (χ1) is 13.1. The summed E-state index contributed by atoms with van der Waals surface area (Å²) < 4.78 is 10.6. The number of aryl methyl sites for hydroxylation is 2. The molecule has 2 aromatic carbocycles. The second-order valence-electron chi connectivity index (χ2n) is 5.92. The molecule has 0 aliphatic rings. The summed E-state index contributed by atoms with van der Waals surface area (Å²) in [6.07, 6.45) is 1.64. The molecule has 27 heavy (non-hydrogen) atoms. The minimum absolute atomic E-state index is 0.116. The van der Waals surface area contributed by atoms with Crippen molar-refractivity contribution in [2.45, 2.75) is 26.7 Å². The molecule has 6 heteroatoms. The first kappa shape index (κ1) is 20.3. The van der Waals surface area contributed by atoms with Crippen LogP contribution in [0.3, 0.4) is 0 Å². The van der Waals surface area contributed by atoms with Crippen molar-refractivity contribution in [1.82, 2.24) is 5.32 Å². The van der Waals surface area contributed by atoms with Crippen LogP contribution in [-0.2, 0) is 22.4 Å². The van der Waals surface area contributed by atoms with Gasteiger partial charge in [-0.15, -0.1) is 0 Å². The molecule has 6 nitrogen and oxygen atoms in total. The smallest absolute Gasteiger partial charge is 0.258 e. The molecule has 0 fully saturated rings. The standard InChI is InChI=1S/C21H26N2O4/c1-4-15-9-8-10-16(5-2)21(15)23-19(24)13-22-20(25)14-27-18-12-7-6-11-17(18)26-3/h6-12H,4-5,13-14H2,1-3H3,(H,22,25)(H,23,24). The molecule has 0 spiro atoms. The van der Waals surface area contributed by atoms with Crippen molar-refractivity contribution >= 4 is 17.5 Å². The number of hydrogen-bond acceptors (Lipinski definition) is 4. The average Bonchev–Trinajstić information content (AvgIpc) is 2.70. The lowest BCUT2D eigenvalue weighted by molar-refractivity contribution is -0.125. The molecule has 0 bridgehead atoms. The lowest BCUT2D eigenvalue weighted by atomic mass is 10.0. The largest absolute Gasteiger partial charge is 0.493 e. The third-order valence-corrected chi connectivity index (χ3v) is 4.14. The Morgan fingerprint density at radius 3 is 2.11 bits per heavy atom. The summed E-state index contributed by atoms with van der Waals surface area (Å²) in [6, 6.07) is 13.0. The van der Waals surface area contributed by atoms with Gasteiger partial charge < -0.3 is 20.1 Å². The van der Waals surface area contributed by atoms with Gasteiger partial charge in [-0.2, -0.15) is 0 Å². The fourth-order valence-electron chi connectivity index (χ4n) is 2.70. The maximum Gasteiger partial charge on any atom is 0.258 e. The van der Waals surface area contributed by atoms with Gasteiger partial charge in [-0.05, 0) is 36.1 Å². The van der Waals surface area contributed by atoms with Crippen LogP contribution in [0.4, 0.5) is 5.69 Å². The Labute approximate surface area is 159 Å². The maximum absolute atomic E-state index is 12.2. The summed E-state index contributed by atoms with van der Waals surface area (Å²) >= 11 is 0. The van der Waals surface area contributed by atoms with Crippen molar-refractivity contribution in [1.29, 1.82) is 0 Å². The highest BCUT2D eigenvalue weighted by atomic mass is 16.5. The number of amides is 2. The molecule has 0 heterocycles. The van der Waals surface area contributed by atoms with Crippen LogP contribution in [0.5, 0.6) is 11.5 Å². The molecular formula is C21H26N2O4. The zero-order chi connectivity index (χ0) is 19.6. The fraction of sp³-hybridized carbons (Fsp3) is 0.333. The molecule has 0 radical (unpaired) electrons. The number of ether oxygens (including phenoxy) is 2. The molecule has 0 unspecified atom stereocenters. The number of carbonyl (C=O) groups excluding carboxylic acids is 2. The second-order valence-corrected chi connectivity index (χ2v) is 5.92. The summed E-state index contributed by atoms with van der Waals surface area (Å²) in [5, 5.41) is 5.48. The molecule has 0 aliphatic carbocycles. The molecule has 0 aliphatic heterocycles. The van der Waals surface area contributed by atoms with Crippen molar-refractivity contribution in [2.75, 3.05) is 25.6 Å². The normalized spacial score (nSPS) is 10.2. The van der Waals surface area contributed by atoms with Crippen molar-refractivity contribution in [3.63, 3.8) is 0 Å². The van der Waals surface area contributed by atoms with E-state index in [9.17, 15) is 9.59 Å². The van der Waals surface area contributed by atoms with Gasteiger partial charge in [0.05, 0.1) is 13.7 Å². The van der Waals surface area contributed by atoms with Gasteiger partial charge in [0, 0.05) is 5.69 Å². The van der Waals surface area contributed by atoms with Crippen LogP contribution in [0.2, 0.25) is 0 Å². The highest BCUT2D eigenvalue weighted by Crippen LogP contribution is 2.25. The number of para-hydroxylation sites is 3. The molecule has 0 atom stereocenters. The Balaban J connectivity index is 1.86. The molecule has 2 aromatic rings. The van der Waals surface area contributed by atoms with Crippen molar-refractivity contribution in [3.05, 3.63) is 53.6 Å². The van der Waals surface area contributed by atoms with E-state index in [1.807, 2.05) is 38.1 Å². The zero-order valence-electron chi connectivity index (χ0n) is 16.0. The molecule has 2 amide bonds. The SMILES string of the molecule is CCc1cccc(CC)c1NC(=O)CNC(=O)COc1ccccc1OC. The minimum Gasteiger partial charge on any atom is -0.493 e. The van der Waals surface area contributed by atoms with Crippen LogP contribution in [0.25, 0.3) is 0 Å². The molecule has 0 saturated heterocycles.